The van der Waals surface area contributed by atoms with Crippen LogP contribution in [-0.4, -0.2) is 48.3 Å². The van der Waals surface area contributed by atoms with Crippen molar-refractivity contribution in [2.75, 3.05) is 27.3 Å². The number of likely N-dealkylation sites (tertiary alicyclic amines) is 1. The molecule has 0 aliphatic carbocycles. The maximum atomic E-state index is 11.4. The fraction of sp³-hybridized carbons (Fsp3) is 0.500. The van der Waals surface area contributed by atoms with Crippen LogP contribution >= 0.6 is 0 Å². The van der Waals surface area contributed by atoms with Crippen molar-refractivity contribution in [1.82, 2.24) is 15.0 Å². The predicted molar refractivity (Wildman–Crippen MR) is 90.9 cm³/mol. The Morgan fingerprint density at radius 3 is 2.60 bits per heavy atom. The van der Waals surface area contributed by atoms with Crippen molar-refractivity contribution in [3.8, 4) is 11.5 Å². The third-order valence-corrected chi connectivity index (χ3v) is 4.58. The number of carbonyl (C=O) groups is 1. The Kier molecular flexibility index (Phi) is 5.21. The number of piperidine rings is 1. The van der Waals surface area contributed by atoms with Gasteiger partial charge in [0.05, 0.1) is 14.2 Å². The summed E-state index contributed by atoms with van der Waals surface area (Å²) in [6.45, 7) is 3.09. The molecule has 2 heterocycles. The number of hydrogen-bond acceptors (Lipinski definition) is 6. The third-order valence-electron chi connectivity index (χ3n) is 4.58. The van der Waals surface area contributed by atoms with Gasteiger partial charge in [-0.2, -0.15) is 4.98 Å². The van der Waals surface area contributed by atoms with Crippen LogP contribution in [-0.2, 0) is 11.2 Å². The number of ether oxygens (including phenoxy) is 2. The lowest BCUT2D eigenvalue weighted by Crippen LogP contribution is -2.36. The van der Waals surface area contributed by atoms with Crippen molar-refractivity contribution >= 4 is 5.91 Å². The van der Waals surface area contributed by atoms with Crippen LogP contribution in [0.15, 0.2) is 22.7 Å². The third kappa shape index (κ3) is 3.92. The minimum atomic E-state index is 0.123. The summed E-state index contributed by atoms with van der Waals surface area (Å²) in [4.78, 5) is 17.8. The SMILES string of the molecule is COc1ccc(Cc2noc(C3CCN(C(C)=O)CC3)n2)cc1OC. The van der Waals surface area contributed by atoms with Crippen molar-refractivity contribution in [2.24, 2.45) is 0 Å². The highest BCUT2D eigenvalue weighted by Gasteiger charge is 2.26. The summed E-state index contributed by atoms with van der Waals surface area (Å²) in [7, 11) is 3.22. The van der Waals surface area contributed by atoms with Crippen LogP contribution in [0, 0.1) is 0 Å². The lowest BCUT2D eigenvalue weighted by atomic mass is 9.97. The molecular weight excluding hydrogens is 322 g/mol. The van der Waals surface area contributed by atoms with E-state index >= 15 is 0 Å². The molecular formula is C18H23N3O4. The molecule has 7 nitrogen and oxygen atoms in total. The van der Waals surface area contributed by atoms with Crippen LogP contribution in [0.5, 0.6) is 11.5 Å². The fourth-order valence-electron chi connectivity index (χ4n) is 3.12. The number of amides is 1. The van der Waals surface area contributed by atoms with Gasteiger partial charge in [-0.05, 0) is 30.5 Å². The average molecular weight is 345 g/mol. The van der Waals surface area contributed by atoms with E-state index in [4.69, 9.17) is 14.0 Å². The van der Waals surface area contributed by atoms with Gasteiger partial charge in [0.1, 0.15) is 0 Å². The number of carbonyl (C=O) groups excluding carboxylic acids is 1. The second kappa shape index (κ2) is 7.55. The van der Waals surface area contributed by atoms with Crippen LogP contribution in [0.25, 0.3) is 0 Å². The van der Waals surface area contributed by atoms with Crippen LogP contribution in [0.2, 0.25) is 0 Å². The molecule has 1 aromatic heterocycles. The largest absolute Gasteiger partial charge is 0.493 e. The summed E-state index contributed by atoms with van der Waals surface area (Å²) in [5, 5.41) is 4.10. The summed E-state index contributed by atoms with van der Waals surface area (Å²) in [6, 6.07) is 5.75. The molecule has 0 bridgehead atoms. The molecule has 0 unspecified atom stereocenters. The Labute approximate surface area is 146 Å². The van der Waals surface area contributed by atoms with E-state index in [0.29, 0.717) is 29.6 Å². The lowest BCUT2D eigenvalue weighted by molar-refractivity contribution is -0.129. The Balaban J connectivity index is 1.65. The van der Waals surface area contributed by atoms with E-state index in [2.05, 4.69) is 10.1 Å². The van der Waals surface area contributed by atoms with Crippen LogP contribution in [0.1, 0.15) is 43.0 Å². The standard InChI is InChI=1S/C18H23N3O4/c1-12(22)21-8-6-14(7-9-21)18-19-17(20-25-18)11-13-4-5-15(23-2)16(10-13)24-3/h4-5,10,14H,6-9,11H2,1-3H3. The average Bonchev–Trinajstić information content (AvgIpc) is 3.10. The molecule has 2 aromatic rings. The Hall–Kier alpha value is -2.57. The second-order valence-electron chi connectivity index (χ2n) is 6.20. The minimum absolute atomic E-state index is 0.123. The lowest BCUT2D eigenvalue weighted by Gasteiger charge is -2.29. The summed E-state index contributed by atoms with van der Waals surface area (Å²) in [6.07, 6.45) is 2.28. The van der Waals surface area contributed by atoms with E-state index in [1.807, 2.05) is 23.1 Å². The zero-order chi connectivity index (χ0) is 17.8. The highest BCUT2D eigenvalue weighted by atomic mass is 16.5. The van der Waals surface area contributed by atoms with Crippen molar-refractivity contribution in [3.63, 3.8) is 0 Å². The zero-order valence-electron chi connectivity index (χ0n) is 14.8. The number of aromatic nitrogens is 2. The van der Waals surface area contributed by atoms with E-state index < -0.39 is 0 Å². The van der Waals surface area contributed by atoms with Gasteiger partial charge in [0.25, 0.3) is 0 Å². The van der Waals surface area contributed by atoms with Gasteiger partial charge in [0, 0.05) is 32.4 Å². The molecule has 1 aromatic carbocycles. The maximum absolute atomic E-state index is 11.4. The van der Waals surface area contributed by atoms with Crippen molar-refractivity contribution < 1.29 is 18.8 Å². The van der Waals surface area contributed by atoms with Crippen LogP contribution in [0.3, 0.4) is 0 Å². The molecule has 134 valence electrons. The van der Waals surface area contributed by atoms with E-state index in [9.17, 15) is 4.79 Å². The number of hydrogen-bond donors (Lipinski definition) is 0. The Morgan fingerprint density at radius 2 is 1.96 bits per heavy atom. The van der Waals surface area contributed by atoms with E-state index in [1.165, 1.54) is 0 Å². The quantitative estimate of drug-likeness (QED) is 0.828. The molecule has 1 saturated heterocycles. The summed E-state index contributed by atoms with van der Waals surface area (Å²) < 4.78 is 16.0. The normalized spacial score (nSPS) is 15.2. The molecule has 7 heteroatoms. The summed E-state index contributed by atoms with van der Waals surface area (Å²) in [5.74, 6) is 3.04. The molecule has 0 N–H and O–H groups in total. The topological polar surface area (TPSA) is 77.7 Å². The second-order valence-corrected chi connectivity index (χ2v) is 6.20. The molecule has 1 aliphatic rings. The van der Waals surface area contributed by atoms with Gasteiger partial charge in [-0.15, -0.1) is 0 Å². The molecule has 0 spiro atoms. The molecule has 0 radical (unpaired) electrons. The number of rotatable bonds is 5. The molecule has 3 rings (SSSR count). The highest BCUT2D eigenvalue weighted by Crippen LogP contribution is 2.29. The van der Waals surface area contributed by atoms with Gasteiger partial charge in [-0.1, -0.05) is 11.2 Å². The Morgan fingerprint density at radius 1 is 1.24 bits per heavy atom. The first-order valence-electron chi connectivity index (χ1n) is 8.39. The van der Waals surface area contributed by atoms with Gasteiger partial charge in [0.2, 0.25) is 11.8 Å². The van der Waals surface area contributed by atoms with Gasteiger partial charge in [-0.25, -0.2) is 0 Å². The maximum Gasteiger partial charge on any atom is 0.229 e. The van der Waals surface area contributed by atoms with Gasteiger partial charge >= 0.3 is 0 Å². The zero-order valence-corrected chi connectivity index (χ0v) is 14.8. The first-order chi connectivity index (χ1) is 12.1. The van der Waals surface area contributed by atoms with Crippen molar-refractivity contribution in [1.29, 1.82) is 0 Å². The number of benzene rings is 1. The molecule has 1 fully saturated rings. The monoisotopic (exact) mass is 345 g/mol. The van der Waals surface area contributed by atoms with Gasteiger partial charge in [0.15, 0.2) is 17.3 Å². The minimum Gasteiger partial charge on any atom is -0.493 e. The van der Waals surface area contributed by atoms with Crippen LogP contribution in [0.4, 0.5) is 0 Å². The fourth-order valence-corrected chi connectivity index (χ4v) is 3.12. The van der Waals surface area contributed by atoms with E-state index in [-0.39, 0.29) is 11.8 Å². The first-order valence-corrected chi connectivity index (χ1v) is 8.39. The number of methoxy groups -OCH3 is 2. The summed E-state index contributed by atoms with van der Waals surface area (Å²) in [5.41, 5.74) is 1.02. The predicted octanol–water partition coefficient (Wildman–Crippen LogP) is 2.40. The molecule has 0 saturated carbocycles. The molecule has 1 amide bonds. The molecule has 1 aliphatic heterocycles. The van der Waals surface area contributed by atoms with Crippen molar-refractivity contribution in [2.45, 2.75) is 32.1 Å². The molecule has 0 atom stereocenters. The summed E-state index contributed by atoms with van der Waals surface area (Å²) >= 11 is 0. The van der Waals surface area contributed by atoms with Gasteiger partial charge < -0.3 is 18.9 Å². The number of nitrogens with zero attached hydrogens (tertiary/aromatic N) is 3. The van der Waals surface area contributed by atoms with Gasteiger partial charge in [-0.3, -0.25) is 4.79 Å². The van der Waals surface area contributed by atoms with Crippen molar-refractivity contribution in [3.05, 3.63) is 35.5 Å². The van der Waals surface area contributed by atoms with E-state index in [1.54, 1.807) is 21.1 Å². The smallest absolute Gasteiger partial charge is 0.229 e. The Bertz CT molecular complexity index is 736. The van der Waals surface area contributed by atoms with E-state index in [0.717, 1.165) is 31.5 Å². The molecule has 25 heavy (non-hydrogen) atoms. The highest BCUT2D eigenvalue weighted by molar-refractivity contribution is 5.73. The van der Waals surface area contributed by atoms with Crippen LogP contribution < -0.4 is 9.47 Å². The first kappa shape index (κ1) is 17.3.